The van der Waals surface area contributed by atoms with E-state index in [1.807, 2.05) is 6.92 Å². The van der Waals surface area contributed by atoms with Gasteiger partial charge < -0.3 is 10.1 Å². The first-order valence-electron chi connectivity index (χ1n) is 12.2. The summed E-state index contributed by atoms with van der Waals surface area (Å²) in [5, 5.41) is 4.38. The molecule has 1 N–H and O–H groups in total. The summed E-state index contributed by atoms with van der Waals surface area (Å²) in [5.41, 5.74) is 2.42. The lowest BCUT2D eigenvalue weighted by atomic mass is 9.57. The molecule has 2 aromatic rings. The molecule has 1 aliphatic carbocycles. The number of nitrogens with zero attached hydrogens (tertiary/aromatic N) is 3. The van der Waals surface area contributed by atoms with Crippen molar-refractivity contribution in [1.82, 2.24) is 14.9 Å². The monoisotopic (exact) mass is 466 g/mol. The van der Waals surface area contributed by atoms with Crippen LogP contribution in [0.5, 0.6) is 0 Å². The van der Waals surface area contributed by atoms with Crippen LogP contribution in [0.15, 0.2) is 40.5 Å². The average Bonchev–Trinajstić information content (AvgIpc) is 2.81. The van der Waals surface area contributed by atoms with E-state index in [1.54, 1.807) is 24.2 Å². The number of carbonyl (C=O) groups is 1. The molecule has 1 saturated carbocycles. The van der Waals surface area contributed by atoms with Crippen LogP contribution in [0.1, 0.15) is 39.7 Å². The van der Waals surface area contributed by atoms with Gasteiger partial charge in [-0.3, -0.25) is 9.69 Å². The first-order chi connectivity index (χ1) is 15.9. The fourth-order valence-corrected chi connectivity index (χ4v) is 7.30. The molecule has 5 rings (SSSR count). The Kier molecular flexibility index (Phi) is 6.36. The highest BCUT2D eigenvalue weighted by atomic mass is 32.2. The number of likely N-dealkylation sites (tertiary alicyclic amines) is 1. The molecule has 2 fully saturated rings. The van der Waals surface area contributed by atoms with Gasteiger partial charge in [-0.05, 0) is 60.6 Å². The summed E-state index contributed by atoms with van der Waals surface area (Å²) >= 11 is 1.67. The van der Waals surface area contributed by atoms with Gasteiger partial charge in [0.25, 0.3) is 0 Å². The second-order valence-electron chi connectivity index (χ2n) is 10.1. The van der Waals surface area contributed by atoms with Crippen molar-refractivity contribution in [1.29, 1.82) is 0 Å². The van der Waals surface area contributed by atoms with Crippen molar-refractivity contribution in [2.45, 2.75) is 50.6 Å². The number of hydrogen-bond acceptors (Lipinski definition) is 7. The van der Waals surface area contributed by atoms with Crippen LogP contribution in [-0.4, -0.2) is 40.5 Å². The molecule has 176 valence electrons. The first kappa shape index (κ1) is 22.7. The van der Waals surface area contributed by atoms with Crippen molar-refractivity contribution in [2.24, 2.45) is 35.5 Å². The number of piperidine rings is 1. The molecule has 2 aliphatic heterocycles. The molecule has 3 heterocycles. The van der Waals surface area contributed by atoms with Crippen molar-refractivity contribution in [3.63, 3.8) is 0 Å². The largest absolute Gasteiger partial charge is 0.466 e. The number of hydrogen-bond donors (Lipinski definition) is 1. The Morgan fingerprint density at radius 3 is 2.67 bits per heavy atom. The minimum absolute atomic E-state index is 0.0195. The van der Waals surface area contributed by atoms with Crippen LogP contribution in [0.2, 0.25) is 0 Å². The number of anilines is 2. The van der Waals surface area contributed by atoms with Gasteiger partial charge in [-0.15, -0.1) is 0 Å². The van der Waals surface area contributed by atoms with Gasteiger partial charge in [-0.2, -0.15) is 0 Å². The summed E-state index contributed by atoms with van der Waals surface area (Å²) in [7, 11) is 0. The summed E-state index contributed by atoms with van der Waals surface area (Å²) in [6.07, 6.45) is 4.72. The predicted octanol–water partition coefficient (Wildman–Crippen LogP) is 5.22. The Morgan fingerprint density at radius 2 is 1.94 bits per heavy atom. The lowest BCUT2D eigenvalue weighted by molar-refractivity contribution is -0.156. The van der Waals surface area contributed by atoms with E-state index in [4.69, 9.17) is 4.74 Å². The van der Waals surface area contributed by atoms with Gasteiger partial charge in [0.15, 0.2) is 5.82 Å². The van der Waals surface area contributed by atoms with Crippen molar-refractivity contribution < 1.29 is 9.53 Å². The Hall–Kier alpha value is -2.12. The molecule has 7 heteroatoms. The molecule has 0 radical (unpaired) electrons. The van der Waals surface area contributed by atoms with E-state index in [2.05, 4.69) is 59.2 Å². The summed E-state index contributed by atoms with van der Waals surface area (Å²) in [5.74, 6) is 3.51. The zero-order valence-corrected chi connectivity index (χ0v) is 20.8. The van der Waals surface area contributed by atoms with Crippen LogP contribution in [0, 0.1) is 35.5 Å². The minimum atomic E-state index is -0.0292. The van der Waals surface area contributed by atoms with Crippen molar-refractivity contribution in [2.75, 3.05) is 25.0 Å². The van der Waals surface area contributed by atoms with E-state index in [0.717, 1.165) is 36.2 Å². The molecular formula is C26H34N4O2S. The van der Waals surface area contributed by atoms with Gasteiger partial charge in [0.2, 0.25) is 0 Å². The minimum Gasteiger partial charge on any atom is -0.466 e. The van der Waals surface area contributed by atoms with Gasteiger partial charge in [-0.1, -0.05) is 38.6 Å². The molecule has 2 bridgehead atoms. The normalized spacial score (nSPS) is 29.4. The van der Waals surface area contributed by atoms with Crippen LogP contribution in [0.3, 0.4) is 0 Å². The second-order valence-corrected chi connectivity index (χ2v) is 11.1. The molecule has 6 nitrogen and oxygen atoms in total. The number of carbonyl (C=O) groups excluding carboxylic acids is 1. The summed E-state index contributed by atoms with van der Waals surface area (Å²) < 4.78 is 5.42. The standard InChI is InChI=1S/C26H34N4O2S/c1-5-32-26(31)17(4)23-19-13-30(14-20(23)16(3)10-15(19)2)12-18-6-7-22-21(11-18)29-24-25(33-22)28-9-8-27-24/h6-9,11,15-17,19-20,23H,5,10,12-14H2,1-4H3,(H,27,29). The topological polar surface area (TPSA) is 67.3 Å². The smallest absolute Gasteiger partial charge is 0.308 e. The molecule has 0 amide bonds. The fourth-order valence-electron chi connectivity index (χ4n) is 6.43. The van der Waals surface area contributed by atoms with Crippen LogP contribution in [0.4, 0.5) is 11.5 Å². The Bertz CT molecular complexity index is 1010. The number of esters is 1. The zero-order valence-electron chi connectivity index (χ0n) is 20.0. The lowest BCUT2D eigenvalue weighted by Crippen LogP contribution is -2.56. The van der Waals surface area contributed by atoms with Crippen LogP contribution in [0.25, 0.3) is 0 Å². The summed E-state index contributed by atoms with van der Waals surface area (Å²) in [6.45, 7) is 12.2. The van der Waals surface area contributed by atoms with Crippen molar-refractivity contribution >= 4 is 29.2 Å². The van der Waals surface area contributed by atoms with Gasteiger partial charge in [-0.25, -0.2) is 9.97 Å². The molecule has 5 unspecified atom stereocenters. The van der Waals surface area contributed by atoms with E-state index in [9.17, 15) is 4.79 Å². The van der Waals surface area contributed by atoms with Gasteiger partial charge >= 0.3 is 5.97 Å². The maximum absolute atomic E-state index is 12.6. The van der Waals surface area contributed by atoms with Crippen molar-refractivity contribution in [3.8, 4) is 0 Å². The Morgan fingerprint density at radius 1 is 1.21 bits per heavy atom. The predicted molar refractivity (Wildman–Crippen MR) is 130 cm³/mol. The molecule has 1 saturated heterocycles. The first-order valence-corrected chi connectivity index (χ1v) is 13.0. The molecule has 1 aromatic heterocycles. The zero-order chi connectivity index (χ0) is 23.1. The number of benzene rings is 1. The van der Waals surface area contributed by atoms with E-state index in [0.29, 0.717) is 36.2 Å². The number of rotatable bonds is 5. The molecular weight excluding hydrogens is 432 g/mol. The number of nitrogens with one attached hydrogen (secondary N) is 1. The maximum Gasteiger partial charge on any atom is 0.308 e. The molecule has 5 atom stereocenters. The summed E-state index contributed by atoms with van der Waals surface area (Å²) in [6, 6.07) is 6.70. The highest BCUT2D eigenvalue weighted by molar-refractivity contribution is 7.99. The maximum atomic E-state index is 12.6. The van der Waals surface area contributed by atoms with Crippen LogP contribution in [-0.2, 0) is 16.1 Å². The summed E-state index contributed by atoms with van der Waals surface area (Å²) in [4.78, 5) is 25.3. The van der Waals surface area contributed by atoms with E-state index in [1.165, 1.54) is 16.9 Å². The number of aromatic nitrogens is 2. The van der Waals surface area contributed by atoms with Crippen LogP contribution < -0.4 is 5.32 Å². The fraction of sp³-hybridized carbons (Fsp3) is 0.577. The number of fused-ring (bicyclic) bond motifs is 4. The molecule has 33 heavy (non-hydrogen) atoms. The van der Waals surface area contributed by atoms with Gasteiger partial charge in [0.05, 0.1) is 18.2 Å². The third kappa shape index (κ3) is 4.37. The Balaban J connectivity index is 1.33. The van der Waals surface area contributed by atoms with Gasteiger partial charge in [0.1, 0.15) is 5.03 Å². The van der Waals surface area contributed by atoms with E-state index in [-0.39, 0.29) is 11.9 Å². The third-order valence-electron chi connectivity index (χ3n) is 7.94. The highest BCUT2D eigenvalue weighted by Crippen LogP contribution is 2.49. The quantitative estimate of drug-likeness (QED) is 0.517. The molecule has 0 spiro atoms. The van der Waals surface area contributed by atoms with Gasteiger partial charge in [0, 0.05) is 36.9 Å². The highest BCUT2D eigenvalue weighted by Gasteiger charge is 2.49. The van der Waals surface area contributed by atoms with E-state index >= 15 is 0 Å². The second kappa shape index (κ2) is 9.26. The Labute approximate surface area is 200 Å². The molecule has 1 aromatic carbocycles. The average molecular weight is 467 g/mol. The lowest BCUT2D eigenvalue weighted by Gasteiger charge is -2.54. The SMILES string of the molecule is CCOC(=O)C(C)C1C2CN(Cc3ccc4c(c3)Nc3nccnc3S4)CC1C(C)CC2C. The molecule has 3 aliphatic rings. The number of ether oxygens (including phenoxy) is 1. The third-order valence-corrected chi connectivity index (χ3v) is 9.01. The van der Waals surface area contributed by atoms with E-state index < -0.39 is 0 Å². The van der Waals surface area contributed by atoms with Crippen molar-refractivity contribution in [3.05, 3.63) is 36.2 Å². The van der Waals surface area contributed by atoms with Crippen LogP contribution >= 0.6 is 11.8 Å².